The van der Waals surface area contributed by atoms with E-state index in [2.05, 4.69) is 13.8 Å². The molecule has 0 aliphatic carbocycles. The van der Waals surface area contributed by atoms with Gasteiger partial charge in [0.1, 0.15) is 0 Å². The highest BCUT2D eigenvalue weighted by Crippen LogP contribution is 2.15. The molecule has 0 fully saturated rings. The van der Waals surface area contributed by atoms with Crippen LogP contribution in [0, 0.1) is 5.21 Å². The molecule has 0 N–H and O–H groups in total. The fourth-order valence-electron chi connectivity index (χ4n) is 0.989. The summed E-state index contributed by atoms with van der Waals surface area (Å²) in [5.74, 6) is 0.552. The second-order valence-corrected chi connectivity index (χ2v) is 2.80. The molecule has 60 valence electrons. The molecule has 0 saturated carbocycles. The van der Waals surface area contributed by atoms with Crippen molar-refractivity contribution in [2.75, 3.05) is 0 Å². The van der Waals surface area contributed by atoms with E-state index in [1.807, 2.05) is 12.1 Å². The van der Waals surface area contributed by atoms with Crippen molar-refractivity contribution in [3.05, 3.63) is 35.3 Å². The van der Waals surface area contributed by atoms with Gasteiger partial charge in [0, 0.05) is 12.1 Å². The summed E-state index contributed by atoms with van der Waals surface area (Å²) < 4.78 is 0.811. The van der Waals surface area contributed by atoms with Crippen LogP contribution in [0.25, 0.3) is 0 Å². The number of aromatic nitrogens is 1. The molecule has 1 atom stereocenters. The Bertz CT molecular complexity index is 218. The molecule has 1 heterocycles. The average Bonchev–Trinajstić information content (AvgIpc) is 2.05. The predicted octanol–water partition coefficient (Wildman–Crippen LogP) is 1.83. The Hall–Kier alpha value is -1.05. The zero-order valence-electron chi connectivity index (χ0n) is 6.95. The Morgan fingerprint density at radius 1 is 1.45 bits per heavy atom. The fourth-order valence-corrected chi connectivity index (χ4v) is 0.989. The van der Waals surface area contributed by atoms with Crippen LogP contribution in [0.15, 0.2) is 24.5 Å². The second-order valence-electron chi connectivity index (χ2n) is 2.80. The monoisotopic (exact) mass is 151 g/mol. The molecule has 0 aliphatic heterocycles. The third-order valence-electron chi connectivity index (χ3n) is 2.01. The van der Waals surface area contributed by atoms with Crippen LogP contribution in [0.3, 0.4) is 0 Å². The van der Waals surface area contributed by atoms with Gasteiger partial charge in [0.15, 0.2) is 12.4 Å². The lowest BCUT2D eigenvalue weighted by molar-refractivity contribution is -0.605. The first kappa shape index (κ1) is 8.05. The molecular formula is C9H13NO. The maximum atomic E-state index is 10.6. The summed E-state index contributed by atoms with van der Waals surface area (Å²) in [6.07, 6.45) is 4.20. The van der Waals surface area contributed by atoms with Crippen molar-refractivity contribution >= 4 is 0 Å². The molecule has 2 heteroatoms. The van der Waals surface area contributed by atoms with Crippen molar-refractivity contribution in [1.82, 2.24) is 0 Å². The minimum absolute atomic E-state index is 0.552. The Labute approximate surface area is 67.1 Å². The lowest BCUT2D eigenvalue weighted by atomic mass is 10.0. The third-order valence-corrected chi connectivity index (χ3v) is 2.01. The van der Waals surface area contributed by atoms with E-state index < -0.39 is 0 Å². The number of rotatable bonds is 2. The minimum atomic E-state index is 0.552. The van der Waals surface area contributed by atoms with E-state index in [0.717, 1.165) is 11.2 Å². The Morgan fingerprint density at radius 2 is 2.00 bits per heavy atom. The van der Waals surface area contributed by atoms with Gasteiger partial charge in [0.25, 0.3) is 0 Å². The Kier molecular flexibility index (Phi) is 2.47. The standard InChI is InChI=1S/C9H13NO/c1-3-8(2)9-4-6-10(11)7-5-9/h4-8H,3H2,1-2H3. The van der Waals surface area contributed by atoms with Crippen molar-refractivity contribution in [2.45, 2.75) is 26.2 Å². The minimum Gasteiger partial charge on any atom is -0.619 e. The third kappa shape index (κ3) is 1.93. The van der Waals surface area contributed by atoms with E-state index in [-0.39, 0.29) is 0 Å². The average molecular weight is 151 g/mol. The van der Waals surface area contributed by atoms with E-state index in [4.69, 9.17) is 0 Å². The van der Waals surface area contributed by atoms with E-state index in [1.54, 1.807) is 12.4 Å². The summed E-state index contributed by atoms with van der Waals surface area (Å²) in [6, 6.07) is 3.75. The maximum Gasteiger partial charge on any atom is 0.180 e. The predicted molar refractivity (Wildman–Crippen MR) is 44.1 cm³/mol. The first-order valence-corrected chi connectivity index (χ1v) is 3.92. The van der Waals surface area contributed by atoms with Crippen LogP contribution in [0.2, 0.25) is 0 Å². The largest absolute Gasteiger partial charge is 0.619 e. The summed E-state index contributed by atoms with van der Waals surface area (Å²) in [4.78, 5) is 0. The first-order chi connectivity index (χ1) is 5.24. The zero-order valence-corrected chi connectivity index (χ0v) is 6.95. The second kappa shape index (κ2) is 3.37. The fraction of sp³-hybridized carbons (Fsp3) is 0.444. The van der Waals surface area contributed by atoms with Crippen LogP contribution >= 0.6 is 0 Å². The smallest absolute Gasteiger partial charge is 0.180 e. The molecular weight excluding hydrogens is 138 g/mol. The maximum absolute atomic E-state index is 10.6. The van der Waals surface area contributed by atoms with E-state index in [9.17, 15) is 5.21 Å². The van der Waals surface area contributed by atoms with Gasteiger partial charge in [-0.05, 0) is 17.9 Å². The van der Waals surface area contributed by atoms with Gasteiger partial charge in [-0.25, -0.2) is 0 Å². The Balaban J connectivity index is 2.81. The molecule has 1 aromatic rings. The highest BCUT2D eigenvalue weighted by Gasteiger charge is 2.02. The van der Waals surface area contributed by atoms with Crippen molar-refractivity contribution in [1.29, 1.82) is 0 Å². The van der Waals surface area contributed by atoms with Crippen molar-refractivity contribution in [3.8, 4) is 0 Å². The van der Waals surface area contributed by atoms with Gasteiger partial charge >= 0.3 is 0 Å². The summed E-state index contributed by atoms with van der Waals surface area (Å²) >= 11 is 0. The van der Waals surface area contributed by atoms with Gasteiger partial charge in [-0.2, -0.15) is 4.73 Å². The highest BCUT2D eigenvalue weighted by atomic mass is 16.5. The number of hydrogen-bond acceptors (Lipinski definition) is 1. The molecule has 0 spiro atoms. The van der Waals surface area contributed by atoms with Gasteiger partial charge in [-0.3, -0.25) is 0 Å². The van der Waals surface area contributed by atoms with Crippen LogP contribution in [-0.2, 0) is 0 Å². The molecule has 1 rings (SSSR count). The topological polar surface area (TPSA) is 26.9 Å². The van der Waals surface area contributed by atoms with Gasteiger partial charge in [0.05, 0.1) is 0 Å². The lowest BCUT2D eigenvalue weighted by Gasteiger charge is -2.06. The van der Waals surface area contributed by atoms with Gasteiger partial charge < -0.3 is 5.21 Å². The molecule has 0 saturated heterocycles. The van der Waals surface area contributed by atoms with Gasteiger partial charge in [0.2, 0.25) is 0 Å². The number of hydrogen-bond donors (Lipinski definition) is 0. The van der Waals surface area contributed by atoms with Gasteiger partial charge in [-0.15, -0.1) is 0 Å². The number of pyridine rings is 1. The van der Waals surface area contributed by atoms with E-state index in [0.29, 0.717) is 5.92 Å². The van der Waals surface area contributed by atoms with Crippen molar-refractivity contribution in [2.24, 2.45) is 0 Å². The van der Waals surface area contributed by atoms with Crippen LogP contribution < -0.4 is 4.73 Å². The van der Waals surface area contributed by atoms with E-state index >= 15 is 0 Å². The number of nitrogens with zero attached hydrogens (tertiary/aromatic N) is 1. The Morgan fingerprint density at radius 3 is 2.45 bits per heavy atom. The lowest BCUT2D eigenvalue weighted by Crippen LogP contribution is -2.23. The zero-order chi connectivity index (χ0) is 8.27. The molecule has 1 unspecified atom stereocenters. The van der Waals surface area contributed by atoms with E-state index in [1.165, 1.54) is 5.56 Å². The summed E-state index contributed by atoms with van der Waals surface area (Å²) in [5, 5.41) is 10.6. The quantitative estimate of drug-likeness (QED) is 0.468. The molecule has 1 aromatic heterocycles. The first-order valence-electron chi connectivity index (χ1n) is 3.92. The summed E-state index contributed by atoms with van der Waals surface area (Å²) in [7, 11) is 0. The summed E-state index contributed by atoms with van der Waals surface area (Å²) in [6.45, 7) is 4.30. The normalized spacial score (nSPS) is 12.9. The molecule has 0 radical (unpaired) electrons. The van der Waals surface area contributed by atoms with Gasteiger partial charge in [-0.1, -0.05) is 13.8 Å². The molecule has 2 nitrogen and oxygen atoms in total. The molecule has 0 amide bonds. The van der Waals surface area contributed by atoms with Crippen LogP contribution in [0.4, 0.5) is 0 Å². The van der Waals surface area contributed by atoms with Crippen molar-refractivity contribution < 1.29 is 4.73 Å². The molecule has 0 aromatic carbocycles. The SMILES string of the molecule is CCC(C)c1cc[n+]([O-])cc1. The molecule has 0 aliphatic rings. The van der Waals surface area contributed by atoms with Crippen LogP contribution in [0.5, 0.6) is 0 Å². The van der Waals surface area contributed by atoms with Crippen molar-refractivity contribution in [3.63, 3.8) is 0 Å². The van der Waals surface area contributed by atoms with Crippen LogP contribution in [-0.4, -0.2) is 0 Å². The molecule has 11 heavy (non-hydrogen) atoms. The highest BCUT2D eigenvalue weighted by molar-refractivity contribution is 5.12. The summed E-state index contributed by atoms with van der Waals surface area (Å²) in [5.41, 5.74) is 1.24. The molecule has 0 bridgehead atoms. The van der Waals surface area contributed by atoms with Crippen LogP contribution in [0.1, 0.15) is 31.7 Å².